The first-order valence-electron chi connectivity index (χ1n) is 16.7. The molecule has 0 aliphatic heterocycles. The van der Waals surface area contributed by atoms with Crippen molar-refractivity contribution in [2.45, 2.75) is 65.5 Å². The van der Waals surface area contributed by atoms with Gasteiger partial charge in [0.2, 0.25) is 20.0 Å². The average molecular weight is 914 g/mol. The number of benzene rings is 4. The number of anilines is 2. The van der Waals surface area contributed by atoms with Crippen molar-refractivity contribution in [3.63, 3.8) is 0 Å². The molecule has 0 radical (unpaired) electrons. The van der Waals surface area contributed by atoms with Crippen LogP contribution in [0, 0.1) is 11.6 Å². The summed E-state index contributed by atoms with van der Waals surface area (Å²) in [5.74, 6) is -1.58. The molecule has 0 heterocycles. The minimum absolute atomic E-state index is 0. The third kappa shape index (κ3) is 21.2. The quantitative estimate of drug-likeness (QED) is 0.121. The van der Waals surface area contributed by atoms with Crippen LogP contribution < -0.4 is 32.9 Å². The molecule has 57 heavy (non-hydrogen) atoms. The first-order chi connectivity index (χ1) is 25.7. The highest BCUT2D eigenvalue weighted by molar-refractivity contribution is 7.92. The van der Waals surface area contributed by atoms with Crippen LogP contribution in [0.4, 0.5) is 20.2 Å². The van der Waals surface area contributed by atoms with Gasteiger partial charge in [0.15, 0.2) is 0 Å². The summed E-state index contributed by atoms with van der Waals surface area (Å²) in [7, 11) is -6.99. The smallest absolute Gasteiger partial charge is 0.252 e. The Morgan fingerprint density at radius 1 is 0.649 bits per heavy atom. The second-order valence-electron chi connectivity index (χ2n) is 14.3. The van der Waals surface area contributed by atoms with Crippen molar-refractivity contribution in [3.05, 3.63) is 130 Å². The normalized spacial score (nSPS) is 11.1. The molecule has 0 atom stereocenters. The predicted octanol–water partition coefficient (Wildman–Crippen LogP) is 5.87. The molecule has 1 amide bonds. The van der Waals surface area contributed by atoms with E-state index in [9.17, 15) is 35.2 Å². The van der Waals surface area contributed by atoms with Crippen molar-refractivity contribution in [1.82, 2.24) is 5.32 Å². The molecule has 5 N–H and O–H groups in total. The Morgan fingerprint density at radius 3 is 1.32 bits per heavy atom. The van der Waals surface area contributed by atoms with Gasteiger partial charge in [-0.1, -0.05) is 77.9 Å². The third-order valence-corrected chi connectivity index (χ3v) is 8.74. The lowest BCUT2D eigenvalue weighted by atomic mass is 9.87. The number of hydrogen-bond donors (Lipinski definition) is 4. The molecule has 0 aliphatic rings. The molecule has 4 aromatic carbocycles. The molecule has 316 valence electrons. The lowest BCUT2D eigenvalue weighted by Gasteiger charge is -2.19. The van der Waals surface area contributed by atoms with Crippen molar-refractivity contribution in [2.75, 3.05) is 27.3 Å². The van der Waals surface area contributed by atoms with E-state index in [4.69, 9.17) is 40.5 Å². The Kier molecular flexibility index (Phi) is 22.3. The topological polar surface area (TPSA) is 165 Å². The monoisotopic (exact) mass is 911 g/mol. The Bertz CT molecular complexity index is 2130. The SMILES string of the molecule is CC(C)(C)c1ccc(C(=O)Cl)cc1.CC(C)(C)c1ccc(C(=O)NCc2ccc(NS(C)(=O)=O)c(F)c2)cc1.CS(=O)(=O)Nc1ccc(CN)cc1F.ClCCl.[Cl-]. The lowest BCUT2D eigenvalue weighted by Crippen LogP contribution is -3.00. The van der Waals surface area contributed by atoms with E-state index < -0.39 is 36.9 Å². The number of rotatable bonds is 9. The van der Waals surface area contributed by atoms with Gasteiger partial charge >= 0.3 is 0 Å². The molecule has 0 unspecified atom stereocenters. The molecule has 0 saturated carbocycles. The second kappa shape index (κ2) is 23.8. The van der Waals surface area contributed by atoms with Gasteiger partial charge in [0.1, 0.15) is 11.6 Å². The molecule has 0 bridgehead atoms. The summed E-state index contributed by atoms with van der Waals surface area (Å²) in [6, 6.07) is 22.9. The van der Waals surface area contributed by atoms with Crippen LogP contribution in [-0.4, -0.2) is 45.8 Å². The summed E-state index contributed by atoms with van der Waals surface area (Å²) < 4.78 is 75.2. The summed E-state index contributed by atoms with van der Waals surface area (Å²) in [6.07, 6.45) is 1.91. The molecule has 0 spiro atoms. The molecule has 18 heteroatoms. The third-order valence-electron chi connectivity index (χ3n) is 7.34. The maximum absolute atomic E-state index is 13.9. The largest absolute Gasteiger partial charge is 1.00 e. The number of nitrogens with two attached hydrogens (primary N) is 1. The fraction of sp³-hybridized carbons (Fsp3) is 0.333. The summed E-state index contributed by atoms with van der Waals surface area (Å²) in [5.41, 5.74) is 9.77. The Morgan fingerprint density at radius 2 is 1.00 bits per heavy atom. The standard InChI is InChI=1S/C19H23FN2O3S.C11H13ClO.C8H11FN2O2S.CH2Cl2.ClH/c1-19(2,3)15-8-6-14(7-9-15)18(23)21-12-13-5-10-17(16(20)11-13)22-26(4,24)25;1-11(2,3)9-6-4-8(5-7-9)10(12)13;1-14(12,13)11-8-3-2-6(5-10)4-7(8)9;2-1-3;/h5-11,22H,12H2,1-4H3,(H,21,23);4-7H,1-3H3;2-4,11H,5,10H2,1H3;1H2;1H/p-1. The fourth-order valence-corrected chi connectivity index (χ4v) is 5.68. The summed E-state index contributed by atoms with van der Waals surface area (Å²) >= 11 is 14.9. The zero-order valence-corrected chi connectivity index (χ0v) is 37.5. The Balaban J connectivity index is 0.000000856. The first kappa shape index (κ1) is 53.5. The van der Waals surface area contributed by atoms with Crippen LogP contribution in [0.1, 0.15) is 84.5 Å². The van der Waals surface area contributed by atoms with Crippen LogP contribution in [0.3, 0.4) is 0 Å². The summed E-state index contributed by atoms with van der Waals surface area (Å²) in [4.78, 5) is 23.0. The van der Waals surface area contributed by atoms with Gasteiger partial charge in [0, 0.05) is 24.2 Å². The van der Waals surface area contributed by atoms with Gasteiger partial charge in [-0.25, -0.2) is 25.6 Å². The van der Waals surface area contributed by atoms with E-state index in [2.05, 4.69) is 56.3 Å². The Hall–Kier alpha value is -3.50. The molecular weight excluding hydrogens is 864 g/mol. The van der Waals surface area contributed by atoms with Crippen LogP contribution in [0.2, 0.25) is 0 Å². The molecule has 10 nitrogen and oxygen atoms in total. The minimum Gasteiger partial charge on any atom is -1.00 e. The zero-order chi connectivity index (χ0) is 43.1. The van der Waals surface area contributed by atoms with Crippen LogP contribution in [-0.2, 0) is 44.0 Å². The number of halogens is 6. The van der Waals surface area contributed by atoms with Gasteiger partial charge in [0.05, 0.1) is 29.2 Å². The summed E-state index contributed by atoms with van der Waals surface area (Å²) in [6.45, 7) is 13.0. The van der Waals surface area contributed by atoms with Crippen LogP contribution in [0.25, 0.3) is 0 Å². The average Bonchev–Trinajstić information content (AvgIpc) is 3.08. The van der Waals surface area contributed by atoms with Crippen LogP contribution in [0.5, 0.6) is 0 Å². The Labute approximate surface area is 356 Å². The van der Waals surface area contributed by atoms with E-state index in [0.29, 0.717) is 22.3 Å². The maximum atomic E-state index is 13.9. The molecular formula is C39H49Cl4F2N4O6S2-. The number of sulfonamides is 2. The maximum Gasteiger partial charge on any atom is 0.252 e. The first-order valence-corrected chi connectivity index (χ1v) is 22.0. The zero-order valence-electron chi connectivity index (χ0n) is 32.8. The molecule has 0 aromatic heterocycles. The second-order valence-corrected chi connectivity index (χ2v) is 18.9. The van der Waals surface area contributed by atoms with Crippen molar-refractivity contribution in [2.24, 2.45) is 5.73 Å². The summed E-state index contributed by atoms with van der Waals surface area (Å²) in [5, 5.41) is 2.52. The van der Waals surface area contributed by atoms with Gasteiger partial charge in [0.25, 0.3) is 11.1 Å². The number of hydrogen-bond acceptors (Lipinski definition) is 7. The highest BCUT2D eigenvalue weighted by Crippen LogP contribution is 2.24. The van der Waals surface area contributed by atoms with Crippen molar-refractivity contribution in [3.8, 4) is 0 Å². The van der Waals surface area contributed by atoms with Gasteiger partial charge < -0.3 is 23.5 Å². The van der Waals surface area contributed by atoms with E-state index >= 15 is 0 Å². The number of nitrogens with one attached hydrogen (secondary N) is 3. The van der Waals surface area contributed by atoms with Crippen molar-refractivity contribution < 1.29 is 47.6 Å². The predicted molar refractivity (Wildman–Crippen MR) is 226 cm³/mol. The molecule has 4 rings (SSSR count). The van der Waals surface area contributed by atoms with E-state index in [1.807, 2.05) is 24.3 Å². The highest BCUT2D eigenvalue weighted by Gasteiger charge is 2.16. The van der Waals surface area contributed by atoms with Crippen molar-refractivity contribution in [1.29, 1.82) is 0 Å². The van der Waals surface area contributed by atoms with Gasteiger partial charge in [-0.15, -0.1) is 23.2 Å². The number of amides is 1. The molecule has 0 fully saturated rings. The molecule has 0 aliphatic carbocycles. The van der Waals surface area contributed by atoms with E-state index in [0.717, 1.165) is 18.1 Å². The van der Waals surface area contributed by atoms with Gasteiger partial charge in [-0.05, 0) is 93.2 Å². The number of carbonyl (C=O) groups is 2. The van der Waals surface area contributed by atoms with E-state index in [1.165, 1.54) is 29.8 Å². The van der Waals surface area contributed by atoms with Crippen LogP contribution in [0.15, 0.2) is 84.9 Å². The minimum atomic E-state index is -3.55. The highest BCUT2D eigenvalue weighted by atomic mass is 35.5. The molecule has 4 aromatic rings. The van der Waals surface area contributed by atoms with E-state index in [-0.39, 0.29) is 58.9 Å². The van der Waals surface area contributed by atoms with Gasteiger partial charge in [-0.2, -0.15) is 0 Å². The number of alkyl halides is 2. The van der Waals surface area contributed by atoms with Gasteiger partial charge in [-0.3, -0.25) is 19.0 Å². The van der Waals surface area contributed by atoms with Crippen molar-refractivity contribution >= 4 is 77.4 Å². The van der Waals surface area contributed by atoms with Crippen LogP contribution >= 0.6 is 34.8 Å². The van der Waals surface area contributed by atoms with E-state index in [1.54, 1.807) is 36.4 Å². The fourth-order valence-electron chi connectivity index (χ4n) is 4.43. The number of carbonyl (C=O) groups excluding carboxylic acids is 2. The lowest BCUT2D eigenvalue weighted by molar-refractivity contribution is -0.0000329. The molecule has 0 saturated heterocycles.